The van der Waals surface area contributed by atoms with Crippen LogP contribution in [0.25, 0.3) is 5.65 Å². The van der Waals surface area contributed by atoms with Crippen LogP contribution in [0.15, 0.2) is 36.7 Å². The maximum absolute atomic E-state index is 12.3. The van der Waals surface area contributed by atoms with Crippen molar-refractivity contribution in [1.82, 2.24) is 24.8 Å². The Hall–Kier alpha value is -2.41. The normalized spacial score (nSPS) is 21.7. The summed E-state index contributed by atoms with van der Waals surface area (Å²) in [6.45, 7) is 3.85. The molecular formula is C15H18N6O. The Balaban J connectivity index is 1.42. The van der Waals surface area contributed by atoms with Crippen molar-refractivity contribution in [2.45, 2.75) is 6.04 Å². The average Bonchev–Trinajstić information content (AvgIpc) is 3.25. The Bertz CT molecular complexity index is 716. The molecule has 0 aliphatic carbocycles. The summed E-state index contributed by atoms with van der Waals surface area (Å²) in [7, 11) is 0. The Morgan fingerprint density at radius 2 is 2.09 bits per heavy atom. The largest absolute Gasteiger partial charge is 0.352 e. The molecule has 7 heteroatoms. The molecule has 1 N–H and O–H groups in total. The summed E-state index contributed by atoms with van der Waals surface area (Å²) in [6, 6.07) is 3.81. The number of nitrogens with one attached hydrogen (secondary N) is 1. The van der Waals surface area contributed by atoms with Crippen LogP contribution >= 0.6 is 0 Å². The van der Waals surface area contributed by atoms with Crippen LogP contribution in [0.1, 0.15) is 0 Å². The van der Waals surface area contributed by atoms with Crippen molar-refractivity contribution >= 4 is 17.4 Å². The Morgan fingerprint density at radius 3 is 2.86 bits per heavy atom. The predicted octanol–water partition coefficient (Wildman–Crippen LogP) is -0.0941. The summed E-state index contributed by atoms with van der Waals surface area (Å²) in [5, 5.41) is 7.73. The number of fused-ring (bicyclic) bond motifs is 1. The van der Waals surface area contributed by atoms with Gasteiger partial charge in [0.05, 0.1) is 0 Å². The fourth-order valence-electron chi connectivity index (χ4n) is 2.96. The van der Waals surface area contributed by atoms with E-state index in [1.165, 1.54) is 0 Å². The summed E-state index contributed by atoms with van der Waals surface area (Å²) in [4.78, 5) is 20.7. The third kappa shape index (κ3) is 2.33. The minimum absolute atomic E-state index is 0.146. The summed E-state index contributed by atoms with van der Waals surface area (Å²) in [5.74, 6) is 1.10. The van der Waals surface area contributed by atoms with Crippen molar-refractivity contribution in [2.75, 3.05) is 37.6 Å². The smallest absolute Gasteiger partial charge is 0.243 e. The van der Waals surface area contributed by atoms with Gasteiger partial charge in [-0.05, 0) is 12.1 Å². The summed E-state index contributed by atoms with van der Waals surface area (Å²) in [5.41, 5.74) is 0.844. The number of carbonyl (C=O) groups is 1. The molecule has 0 unspecified atom stereocenters. The Morgan fingerprint density at radius 1 is 1.23 bits per heavy atom. The van der Waals surface area contributed by atoms with E-state index < -0.39 is 0 Å². The van der Waals surface area contributed by atoms with E-state index in [0.717, 1.165) is 44.2 Å². The van der Waals surface area contributed by atoms with Crippen molar-refractivity contribution in [3.8, 4) is 0 Å². The van der Waals surface area contributed by atoms with Gasteiger partial charge >= 0.3 is 0 Å². The molecule has 4 heterocycles. The zero-order valence-corrected chi connectivity index (χ0v) is 12.2. The molecule has 0 radical (unpaired) electrons. The van der Waals surface area contributed by atoms with E-state index in [0.29, 0.717) is 0 Å². The number of carbonyl (C=O) groups excluding carboxylic acids is 1. The molecule has 1 saturated heterocycles. The molecule has 2 aliphatic rings. The van der Waals surface area contributed by atoms with Gasteiger partial charge in [0.2, 0.25) is 5.91 Å². The van der Waals surface area contributed by atoms with Crippen molar-refractivity contribution in [3.05, 3.63) is 36.7 Å². The topological polar surface area (TPSA) is 65.8 Å². The van der Waals surface area contributed by atoms with E-state index >= 15 is 0 Å². The zero-order valence-electron chi connectivity index (χ0n) is 12.2. The molecule has 2 aromatic heterocycles. The molecule has 1 amide bonds. The first-order chi connectivity index (χ1) is 10.8. The van der Waals surface area contributed by atoms with Gasteiger partial charge in [0.15, 0.2) is 5.65 Å². The van der Waals surface area contributed by atoms with Crippen LogP contribution in [-0.2, 0) is 4.79 Å². The first kappa shape index (κ1) is 13.3. The van der Waals surface area contributed by atoms with E-state index in [-0.39, 0.29) is 11.9 Å². The third-order valence-electron chi connectivity index (χ3n) is 4.21. The number of rotatable bonds is 2. The van der Waals surface area contributed by atoms with Crippen LogP contribution in [0.3, 0.4) is 0 Å². The molecule has 2 aromatic rings. The fourth-order valence-corrected chi connectivity index (χ4v) is 2.96. The standard InChI is InChI=1S/C15H18N6O/c22-15(12-2-1-5-16-12)20-10-8-19(9-11-20)14-4-3-13-17-6-7-21(13)18-14/h1-4,6-7,12,16H,5,8-11H2/t12-/m1/s1. The quantitative estimate of drug-likeness (QED) is 0.785. The number of amides is 1. The number of anilines is 1. The molecule has 2 aliphatic heterocycles. The highest BCUT2D eigenvalue weighted by Crippen LogP contribution is 2.15. The van der Waals surface area contributed by atoms with Gasteiger partial charge in [-0.2, -0.15) is 0 Å². The predicted molar refractivity (Wildman–Crippen MR) is 82.7 cm³/mol. The summed E-state index contributed by atoms with van der Waals surface area (Å²) in [6.07, 6.45) is 7.54. The van der Waals surface area contributed by atoms with Crippen molar-refractivity contribution in [3.63, 3.8) is 0 Å². The van der Waals surface area contributed by atoms with E-state index in [4.69, 9.17) is 0 Å². The first-order valence-corrected chi connectivity index (χ1v) is 7.55. The van der Waals surface area contributed by atoms with Gasteiger partial charge < -0.3 is 9.80 Å². The lowest BCUT2D eigenvalue weighted by Crippen LogP contribution is -2.53. The first-order valence-electron chi connectivity index (χ1n) is 7.55. The van der Waals surface area contributed by atoms with E-state index in [1.54, 1.807) is 10.7 Å². The summed E-state index contributed by atoms with van der Waals surface area (Å²) >= 11 is 0. The maximum atomic E-state index is 12.3. The van der Waals surface area contributed by atoms with E-state index in [2.05, 4.69) is 20.3 Å². The third-order valence-corrected chi connectivity index (χ3v) is 4.21. The molecular weight excluding hydrogens is 280 g/mol. The van der Waals surface area contributed by atoms with Crippen molar-refractivity contribution < 1.29 is 4.79 Å². The second kappa shape index (κ2) is 5.42. The highest BCUT2D eigenvalue weighted by atomic mass is 16.2. The van der Waals surface area contributed by atoms with Gasteiger partial charge in [-0.1, -0.05) is 12.2 Å². The van der Waals surface area contributed by atoms with Gasteiger partial charge in [0.25, 0.3) is 0 Å². The van der Waals surface area contributed by atoms with Gasteiger partial charge in [-0.15, -0.1) is 5.10 Å². The maximum Gasteiger partial charge on any atom is 0.243 e. The minimum atomic E-state index is -0.146. The lowest BCUT2D eigenvalue weighted by atomic mass is 10.2. The molecule has 114 valence electrons. The second-order valence-electron chi connectivity index (χ2n) is 5.55. The lowest BCUT2D eigenvalue weighted by molar-refractivity contribution is -0.132. The van der Waals surface area contributed by atoms with Crippen LogP contribution in [0.4, 0.5) is 5.82 Å². The molecule has 4 rings (SSSR count). The van der Waals surface area contributed by atoms with Crippen molar-refractivity contribution in [1.29, 1.82) is 0 Å². The van der Waals surface area contributed by atoms with Crippen LogP contribution in [0.5, 0.6) is 0 Å². The van der Waals surface area contributed by atoms with Crippen LogP contribution in [-0.4, -0.2) is 64.2 Å². The second-order valence-corrected chi connectivity index (χ2v) is 5.55. The number of piperazine rings is 1. The number of hydrogen-bond acceptors (Lipinski definition) is 5. The molecule has 0 aromatic carbocycles. The summed E-state index contributed by atoms with van der Waals surface area (Å²) < 4.78 is 1.78. The lowest BCUT2D eigenvalue weighted by Gasteiger charge is -2.36. The number of aromatic nitrogens is 3. The molecule has 1 atom stereocenters. The number of nitrogens with zero attached hydrogens (tertiary/aromatic N) is 5. The van der Waals surface area contributed by atoms with Gasteiger partial charge in [-0.3, -0.25) is 10.1 Å². The Labute approximate surface area is 128 Å². The molecule has 0 saturated carbocycles. The average molecular weight is 298 g/mol. The van der Waals surface area contributed by atoms with Crippen molar-refractivity contribution in [2.24, 2.45) is 0 Å². The van der Waals surface area contributed by atoms with Gasteiger partial charge in [0, 0.05) is 45.1 Å². The number of imidazole rings is 1. The monoisotopic (exact) mass is 298 g/mol. The van der Waals surface area contributed by atoms with Gasteiger partial charge in [0.1, 0.15) is 11.9 Å². The fraction of sp³-hybridized carbons (Fsp3) is 0.400. The molecule has 1 fully saturated rings. The van der Waals surface area contributed by atoms with E-state index in [9.17, 15) is 4.79 Å². The Kier molecular flexibility index (Phi) is 3.27. The van der Waals surface area contributed by atoms with Crippen LogP contribution in [0, 0.1) is 0 Å². The van der Waals surface area contributed by atoms with Crippen LogP contribution in [0.2, 0.25) is 0 Å². The minimum Gasteiger partial charge on any atom is -0.352 e. The highest BCUT2D eigenvalue weighted by Gasteiger charge is 2.27. The van der Waals surface area contributed by atoms with E-state index in [1.807, 2.05) is 35.4 Å². The molecule has 7 nitrogen and oxygen atoms in total. The highest BCUT2D eigenvalue weighted by molar-refractivity contribution is 5.84. The van der Waals surface area contributed by atoms with Crippen LogP contribution < -0.4 is 10.2 Å². The SMILES string of the molecule is O=C([C@H]1C=CCN1)N1CCN(c2ccc3nccn3n2)CC1. The number of hydrogen-bond donors (Lipinski definition) is 1. The molecule has 0 bridgehead atoms. The zero-order chi connectivity index (χ0) is 14.9. The molecule has 0 spiro atoms. The van der Waals surface area contributed by atoms with Gasteiger partial charge in [-0.25, -0.2) is 9.50 Å². The molecule has 22 heavy (non-hydrogen) atoms.